The molecule has 24 heavy (non-hydrogen) atoms. The van der Waals surface area contributed by atoms with Crippen molar-refractivity contribution in [2.24, 2.45) is 0 Å². The van der Waals surface area contributed by atoms with Gasteiger partial charge in [-0.1, -0.05) is 18.5 Å². The Hall–Kier alpha value is -2.04. The number of halogens is 1. The van der Waals surface area contributed by atoms with E-state index >= 15 is 0 Å². The number of hydrogen-bond acceptors (Lipinski definition) is 4. The summed E-state index contributed by atoms with van der Waals surface area (Å²) in [5.41, 5.74) is 9.70. The molecule has 3 rings (SSSR count). The van der Waals surface area contributed by atoms with Crippen molar-refractivity contribution in [1.82, 2.24) is 0 Å². The van der Waals surface area contributed by atoms with Crippen LogP contribution in [0.1, 0.15) is 28.4 Å². The average Bonchev–Trinajstić information content (AvgIpc) is 2.60. The summed E-state index contributed by atoms with van der Waals surface area (Å²) in [6.07, 6.45) is 0.787. The van der Waals surface area contributed by atoms with Gasteiger partial charge in [0.2, 0.25) is 0 Å². The third kappa shape index (κ3) is 3.55. The Morgan fingerprint density at radius 3 is 2.62 bits per heavy atom. The summed E-state index contributed by atoms with van der Waals surface area (Å²) < 4.78 is 5.40. The number of rotatable bonds is 4. The highest BCUT2D eigenvalue weighted by Gasteiger charge is 2.17. The normalized spacial score (nSPS) is 14.7. The van der Waals surface area contributed by atoms with E-state index in [1.807, 2.05) is 12.1 Å². The molecule has 5 heteroatoms. The van der Waals surface area contributed by atoms with Crippen LogP contribution in [0.2, 0.25) is 5.02 Å². The average molecular weight is 345 g/mol. The fourth-order valence-electron chi connectivity index (χ4n) is 3.01. The van der Waals surface area contributed by atoms with Crippen molar-refractivity contribution in [3.05, 3.63) is 58.1 Å². The fourth-order valence-corrected chi connectivity index (χ4v) is 3.25. The second kappa shape index (κ2) is 7.24. The molecule has 2 aromatic rings. The first-order valence-electron chi connectivity index (χ1n) is 8.15. The molecule has 0 bridgehead atoms. The molecule has 0 aromatic heterocycles. The van der Waals surface area contributed by atoms with Gasteiger partial charge in [0, 0.05) is 40.6 Å². The van der Waals surface area contributed by atoms with Gasteiger partial charge in [-0.25, -0.2) is 0 Å². The lowest BCUT2D eigenvalue weighted by Crippen LogP contribution is -2.36. The second-order valence-corrected chi connectivity index (χ2v) is 6.33. The van der Waals surface area contributed by atoms with E-state index in [4.69, 9.17) is 22.1 Å². The van der Waals surface area contributed by atoms with E-state index in [9.17, 15) is 4.79 Å². The van der Waals surface area contributed by atoms with Crippen molar-refractivity contribution >= 4 is 28.8 Å². The monoisotopic (exact) mass is 344 g/mol. The standard InChI is InChI=1S/C19H21ClN2O2/c1-2-13-11-17(22-5-7-24-8-6-22)3-4-18(13)19(23)14-9-15(20)12-16(21)10-14/h3-4,9-12H,2,5-8,21H2,1H3. The Morgan fingerprint density at radius 1 is 1.21 bits per heavy atom. The van der Waals surface area contributed by atoms with Gasteiger partial charge in [0.05, 0.1) is 13.2 Å². The molecule has 0 atom stereocenters. The number of nitrogens with two attached hydrogens (primary N) is 1. The molecule has 4 nitrogen and oxygen atoms in total. The quantitative estimate of drug-likeness (QED) is 0.680. The highest BCUT2D eigenvalue weighted by atomic mass is 35.5. The fraction of sp³-hybridized carbons (Fsp3) is 0.316. The maximum atomic E-state index is 12.9. The van der Waals surface area contributed by atoms with Crippen LogP contribution < -0.4 is 10.6 Å². The smallest absolute Gasteiger partial charge is 0.193 e. The predicted octanol–water partition coefficient (Wildman–Crippen LogP) is 3.55. The third-order valence-corrected chi connectivity index (χ3v) is 4.49. The third-order valence-electron chi connectivity index (χ3n) is 4.27. The van der Waals surface area contributed by atoms with Crippen molar-refractivity contribution in [3.63, 3.8) is 0 Å². The topological polar surface area (TPSA) is 55.6 Å². The van der Waals surface area contributed by atoms with Gasteiger partial charge in [-0.15, -0.1) is 0 Å². The van der Waals surface area contributed by atoms with Crippen LogP contribution in [0.4, 0.5) is 11.4 Å². The van der Waals surface area contributed by atoms with Gasteiger partial charge < -0.3 is 15.4 Å². The van der Waals surface area contributed by atoms with Crippen LogP contribution in [0.3, 0.4) is 0 Å². The van der Waals surface area contributed by atoms with E-state index in [0.29, 0.717) is 21.8 Å². The molecule has 0 aliphatic carbocycles. The molecule has 0 radical (unpaired) electrons. The zero-order valence-corrected chi connectivity index (χ0v) is 14.5. The summed E-state index contributed by atoms with van der Waals surface area (Å²) in [4.78, 5) is 15.2. The van der Waals surface area contributed by atoms with Crippen LogP contribution in [0.5, 0.6) is 0 Å². The SMILES string of the molecule is CCc1cc(N2CCOCC2)ccc1C(=O)c1cc(N)cc(Cl)c1. The Labute approximate surface area is 147 Å². The van der Waals surface area contributed by atoms with Gasteiger partial charge in [0.1, 0.15) is 0 Å². The number of aryl methyl sites for hydroxylation is 1. The number of hydrogen-bond donors (Lipinski definition) is 1. The zero-order valence-electron chi connectivity index (χ0n) is 13.7. The number of carbonyl (C=O) groups is 1. The number of nitrogens with zero attached hydrogens (tertiary/aromatic N) is 1. The van der Waals surface area contributed by atoms with E-state index in [2.05, 4.69) is 17.9 Å². The molecule has 2 aromatic carbocycles. The van der Waals surface area contributed by atoms with Crippen LogP contribution in [-0.2, 0) is 11.2 Å². The molecule has 1 aliphatic heterocycles. The molecular formula is C19H21ClN2O2. The van der Waals surface area contributed by atoms with Gasteiger partial charge >= 0.3 is 0 Å². The summed E-state index contributed by atoms with van der Waals surface area (Å²) in [5, 5.41) is 0.473. The summed E-state index contributed by atoms with van der Waals surface area (Å²) in [6.45, 7) is 5.29. The highest BCUT2D eigenvalue weighted by molar-refractivity contribution is 6.31. The number of morpholine rings is 1. The minimum atomic E-state index is -0.0467. The molecule has 0 unspecified atom stereocenters. The Balaban J connectivity index is 1.93. The second-order valence-electron chi connectivity index (χ2n) is 5.90. The number of anilines is 2. The molecule has 0 saturated carbocycles. The lowest BCUT2D eigenvalue weighted by molar-refractivity contribution is 0.103. The van der Waals surface area contributed by atoms with Gasteiger partial charge in [0.15, 0.2) is 5.78 Å². The van der Waals surface area contributed by atoms with Crippen molar-refractivity contribution in [2.75, 3.05) is 36.9 Å². The predicted molar refractivity (Wildman–Crippen MR) is 98.1 cm³/mol. The van der Waals surface area contributed by atoms with Crippen molar-refractivity contribution in [3.8, 4) is 0 Å². The maximum absolute atomic E-state index is 12.9. The largest absolute Gasteiger partial charge is 0.399 e. The maximum Gasteiger partial charge on any atom is 0.193 e. The first-order chi connectivity index (χ1) is 11.6. The van der Waals surface area contributed by atoms with Gasteiger partial charge in [-0.3, -0.25) is 4.79 Å². The van der Waals surface area contributed by atoms with Crippen LogP contribution in [0, 0.1) is 0 Å². The van der Waals surface area contributed by atoms with Crippen molar-refractivity contribution in [1.29, 1.82) is 0 Å². The van der Waals surface area contributed by atoms with Gasteiger partial charge in [-0.2, -0.15) is 0 Å². The summed E-state index contributed by atoms with van der Waals surface area (Å²) >= 11 is 6.03. The number of ether oxygens (including phenoxy) is 1. The minimum absolute atomic E-state index is 0.0467. The number of carbonyl (C=O) groups excluding carboxylic acids is 1. The van der Waals surface area contributed by atoms with E-state index < -0.39 is 0 Å². The molecule has 1 heterocycles. The Kier molecular flexibility index (Phi) is 5.07. The van der Waals surface area contributed by atoms with Gasteiger partial charge in [-0.05, 0) is 48.4 Å². The number of nitrogen functional groups attached to an aromatic ring is 1. The van der Waals surface area contributed by atoms with Crippen LogP contribution in [0.15, 0.2) is 36.4 Å². The zero-order chi connectivity index (χ0) is 17.1. The van der Waals surface area contributed by atoms with Crippen LogP contribution in [-0.4, -0.2) is 32.1 Å². The molecule has 1 fully saturated rings. The van der Waals surface area contributed by atoms with E-state index in [0.717, 1.165) is 44.0 Å². The summed E-state index contributed by atoms with van der Waals surface area (Å²) in [5.74, 6) is -0.0467. The molecule has 1 saturated heterocycles. The Morgan fingerprint density at radius 2 is 1.96 bits per heavy atom. The van der Waals surface area contributed by atoms with Crippen LogP contribution >= 0.6 is 11.6 Å². The molecule has 2 N–H and O–H groups in total. The lowest BCUT2D eigenvalue weighted by Gasteiger charge is -2.29. The summed E-state index contributed by atoms with van der Waals surface area (Å²) in [6, 6.07) is 11.0. The molecule has 0 amide bonds. The van der Waals surface area contributed by atoms with E-state index in [1.165, 1.54) is 0 Å². The first-order valence-corrected chi connectivity index (χ1v) is 8.52. The molecular weight excluding hydrogens is 324 g/mol. The minimum Gasteiger partial charge on any atom is -0.399 e. The highest BCUT2D eigenvalue weighted by Crippen LogP contribution is 2.25. The summed E-state index contributed by atoms with van der Waals surface area (Å²) in [7, 11) is 0. The lowest BCUT2D eigenvalue weighted by atomic mass is 9.96. The Bertz CT molecular complexity index is 735. The first kappa shape index (κ1) is 16.8. The van der Waals surface area contributed by atoms with Crippen molar-refractivity contribution < 1.29 is 9.53 Å². The van der Waals surface area contributed by atoms with Crippen molar-refractivity contribution in [2.45, 2.75) is 13.3 Å². The molecule has 126 valence electrons. The molecule has 0 spiro atoms. The van der Waals surface area contributed by atoms with E-state index in [-0.39, 0.29) is 5.78 Å². The van der Waals surface area contributed by atoms with Gasteiger partial charge in [0.25, 0.3) is 0 Å². The van der Waals surface area contributed by atoms with E-state index in [1.54, 1.807) is 18.2 Å². The number of benzene rings is 2. The van der Waals surface area contributed by atoms with Crippen LogP contribution in [0.25, 0.3) is 0 Å². The number of ketones is 1. The molecule has 1 aliphatic rings.